The minimum absolute atomic E-state index is 0.0322. The highest BCUT2D eigenvalue weighted by molar-refractivity contribution is 8.77. The van der Waals surface area contributed by atoms with Gasteiger partial charge in [-0.1, -0.05) is 18.2 Å². The fraction of sp³-hybridized carbons (Fsp3) is 0.200. The first-order valence-electron chi connectivity index (χ1n) is 6.67. The molecule has 116 valence electrons. The zero-order chi connectivity index (χ0) is 15.8. The normalized spacial score (nSPS) is 10.3. The van der Waals surface area contributed by atoms with Crippen molar-refractivity contribution in [2.45, 2.75) is 18.6 Å². The highest BCUT2D eigenvalue weighted by Crippen LogP contribution is 2.36. The molecule has 1 N–H and O–H groups in total. The largest absolute Gasteiger partial charge is 0.449 e. The molecule has 0 bridgehead atoms. The number of ether oxygens (including phenoxy) is 1. The monoisotopic (exact) mass is 336 g/mol. The number of amides is 1. The summed E-state index contributed by atoms with van der Waals surface area (Å²) in [5.41, 5.74) is 1.47. The van der Waals surface area contributed by atoms with Crippen LogP contribution in [0.3, 0.4) is 0 Å². The number of aliphatic hydroxyl groups is 1. The van der Waals surface area contributed by atoms with E-state index in [-0.39, 0.29) is 6.61 Å². The summed E-state index contributed by atoms with van der Waals surface area (Å²) < 4.78 is 6.55. The lowest BCUT2D eigenvalue weighted by molar-refractivity contribution is 0.164. The Morgan fingerprint density at radius 1 is 1.27 bits per heavy atom. The topological polar surface area (TPSA) is 62.7 Å². The molecule has 1 amide bonds. The van der Waals surface area contributed by atoms with Crippen molar-refractivity contribution in [3.63, 3.8) is 0 Å². The second kappa shape index (κ2) is 8.67. The summed E-state index contributed by atoms with van der Waals surface area (Å²) in [5, 5.41) is 9.89. The molecule has 0 unspecified atom stereocenters. The van der Waals surface area contributed by atoms with Gasteiger partial charge in [0.2, 0.25) is 0 Å². The van der Waals surface area contributed by atoms with Gasteiger partial charge >= 0.3 is 6.09 Å². The van der Waals surface area contributed by atoms with Crippen LogP contribution in [0.4, 0.5) is 10.5 Å². The van der Waals surface area contributed by atoms with E-state index in [1.807, 2.05) is 18.2 Å². The van der Waals surface area contributed by atoms with Crippen molar-refractivity contribution in [2.75, 3.05) is 10.9 Å². The van der Waals surface area contributed by atoms with E-state index in [4.69, 9.17) is 9.84 Å². The van der Waals surface area contributed by atoms with Gasteiger partial charge in [-0.3, -0.25) is 0 Å². The Kier molecular flexibility index (Phi) is 6.57. The number of hydrogen-bond donors (Lipinski definition) is 1. The highest BCUT2D eigenvalue weighted by atomic mass is 33.1. The van der Waals surface area contributed by atoms with Crippen LogP contribution in [0.1, 0.15) is 12.5 Å². The van der Waals surface area contributed by atoms with Gasteiger partial charge in [0, 0.05) is 17.2 Å². The number of anilines is 1. The van der Waals surface area contributed by atoms with E-state index < -0.39 is 6.09 Å². The molecule has 2 aromatic rings. The molecule has 0 aliphatic rings. The molecule has 0 aliphatic heterocycles. The molecule has 22 heavy (non-hydrogen) atoms. The van der Waals surface area contributed by atoms with Crippen molar-refractivity contribution in [1.82, 2.24) is 4.98 Å². The molecule has 1 aromatic heterocycles. The first-order chi connectivity index (χ1) is 10.7. The first-order valence-corrected chi connectivity index (χ1v) is 8.77. The van der Waals surface area contributed by atoms with Gasteiger partial charge in [0.15, 0.2) is 0 Å². The van der Waals surface area contributed by atoms with E-state index in [1.165, 1.54) is 26.1 Å². The number of nitrogens with zero attached hydrogens (tertiary/aromatic N) is 2. The van der Waals surface area contributed by atoms with Crippen LogP contribution in [-0.4, -0.2) is 22.8 Å². The molecule has 0 aliphatic carbocycles. The van der Waals surface area contributed by atoms with Gasteiger partial charge in [0.05, 0.1) is 18.9 Å². The van der Waals surface area contributed by atoms with E-state index in [0.29, 0.717) is 12.3 Å². The number of aromatic nitrogens is 1. The number of benzene rings is 1. The molecular weight excluding hydrogens is 320 g/mol. The summed E-state index contributed by atoms with van der Waals surface area (Å²) in [5.74, 6) is 0. The zero-order valence-electron chi connectivity index (χ0n) is 12.0. The average molecular weight is 336 g/mol. The summed E-state index contributed by atoms with van der Waals surface area (Å²) in [6.07, 6.45) is 1.26. The van der Waals surface area contributed by atoms with Crippen LogP contribution in [-0.2, 0) is 11.3 Å². The van der Waals surface area contributed by atoms with E-state index in [9.17, 15) is 4.79 Å². The minimum Gasteiger partial charge on any atom is -0.449 e. The third kappa shape index (κ3) is 4.66. The molecule has 7 heteroatoms. The molecule has 0 saturated carbocycles. The summed E-state index contributed by atoms with van der Waals surface area (Å²) in [4.78, 5) is 16.3. The Hall–Kier alpha value is -1.70. The maximum atomic E-state index is 12.1. The lowest BCUT2D eigenvalue weighted by Crippen LogP contribution is -2.23. The van der Waals surface area contributed by atoms with Gasteiger partial charge < -0.3 is 9.84 Å². The number of hydrogen-bond acceptors (Lipinski definition) is 6. The molecule has 0 saturated heterocycles. The molecule has 0 atom stereocenters. The Labute approximate surface area is 137 Å². The summed E-state index contributed by atoms with van der Waals surface area (Å²) >= 11 is 0. The minimum atomic E-state index is -0.437. The molecule has 1 heterocycles. The van der Waals surface area contributed by atoms with Gasteiger partial charge in [0.25, 0.3) is 0 Å². The Morgan fingerprint density at radius 3 is 2.64 bits per heavy atom. The quantitative estimate of drug-likeness (QED) is 0.638. The Balaban J connectivity index is 2.12. The van der Waals surface area contributed by atoms with Crippen molar-refractivity contribution in [3.05, 3.63) is 54.2 Å². The van der Waals surface area contributed by atoms with Gasteiger partial charge in [-0.25, -0.2) is 14.1 Å². The standard InChI is InChI=1S/C15H16N2O3S2/c1-2-20-15(19)17(13-8-6-12(11-18)7-9-13)22-21-14-5-3-4-10-16-14/h3-10,18H,2,11H2,1H3. The highest BCUT2D eigenvalue weighted by Gasteiger charge is 2.19. The molecule has 0 radical (unpaired) electrons. The second-order valence-electron chi connectivity index (χ2n) is 4.14. The van der Waals surface area contributed by atoms with Crippen molar-refractivity contribution < 1.29 is 14.6 Å². The van der Waals surface area contributed by atoms with Crippen LogP contribution in [0, 0.1) is 0 Å². The number of aliphatic hydroxyl groups excluding tert-OH is 1. The van der Waals surface area contributed by atoms with Gasteiger partial charge in [0.1, 0.15) is 5.03 Å². The first kappa shape index (κ1) is 16.7. The zero-order valence-corrected chi connectivity index (χ0v) is 13.6. The van der Waals surface area contributed by atoms with E-state index >= 15 is 0 Å². The maximum Gasteiger partial charge on any atom is 0.425 e. The van der Waals surface area contributed by atoms with Crippen molar-refractivity contribution in [3.8, 4) is 0 Å². The number of carbonyl (C=O) groups is 1. The smallest absolute Gasteiger partial charge is 0.425 e. The maximum absolute atomic E-state index is 12.1. The van der Waals surface area contributed by atoms with E-state index in [1.54, 1.807) is 37.4 Å². The van der Waals surface area contributed by atoms with Crippen LogP contribution < -0.4 is 4.31 Å². The van der Waals surface area contributed by atoms with Crippen molar-refractivity contribution >= 4 is 33.6 Å². The summed E-state index contributed by atoms with van der Waals surface area (Å²) in [6, 6.07) is 12.7. The van der Waals surface area contributed by atoms with Crippen LogP contribution in [0.25, 0.3) is 0 Å². The Morgan fingerprint density at radius 2 is 2.05 bits per heavy atom. The summed E-state index contributed by atoms with van der Waals surface area (Å²) in [7, 11) is 2.61. The van der Waals surface area contributed by atoms with Crippen molar-refractivity contribution in [2.24, 2.45) is 0 Å². The lowest BCUT2D eigenvalue weighted by Gasteiger charge is -2.19. The molecule has 1 aromatic carbocycles. The number of rotatable bonds is 6. The van der Waals surface area contributed by atoms with Crippen LogP contribution in [0.2, 0.25) is 0 Å². The van der Waals surface area contributed by atoms with E-state index in [0.717, 1.165) is 10.6 Å². The number of carbonyl (C=O) groups excluding carboxylic acids is 1. The van der Waals surface area contributed by atoms with Crippen LogP contribution in [0.15, 0.2) is 53.7 Å². The fourth-order valence-corrected chi connectivity index (χ4v) is 3.47. The molecular formula is C15H16N2O3S2. The van der Waals surface area contributed by atoms with Crippen LogP contribution >= 0.6 is 21.8 Å². The fourth-order valence-electron chi connectivity index (χ4n) is 1.57. The van der Waals surface area contributed by atoms with Gasteiger partial charge in [-0.15, -0.1) is 0 Å². The molecule has 5 nitrogen and oxygen atoms in total. The second-order valence-corrected chi connectivity index (χ2v) is 6.19. The van der Waals surface area contributed by atoms with Crippen LogP contribution in [0.5, 0.6) is 0 Å². The van der Waals surface area contributed by atoms with E-state index in [2.05, 4.69) is 4.98 Å². The molecule has 0 spiro atoms. The Bertz CT molecular complexity index is 593. The third-order valence-corrected chi connectivity index (χ3v) is 4.80. The summed E-state index contributed by atoms with van der Waals surface area (Å²) in [6.45, 7) is 2.04. The molecule has 0 fully saturated rings. The van der Waals surface area contributed by atoms with Gasteiger partial charge in [-0.2, -0.15) is 0 Å². The third-order valence-electron chi connectivity index (χ3n) is 2.62. The SMILES string of the molecule is CCOC(=O)N(SSc1ccccn1)c1ccc(CO)cc1. The predicted octanol–water partition coefficient (Wildman–Crippen LogP) is 3.89. The molecule has 2 rings (SSSR count). The predicted molar refractivity (Wildman–Crippen MR) is 89.6 cm³/mol. The average Bonchev–Trinajstić information content (AvgIpc) is 2.57. The number of pyridine rings is 1. The van der Waals surface area contributed by atoms with Crippen molar-refractivity contribution in [1.29, 1.82) is 0 Å². The lowest BCUT2D eigenvalue weighted by atomic mass is 10.2. The van der Waals surface area contributed by atoms with Gasteiger partial charge in [-0.05, 0) is 47.5 Å².